The van der Waals surface area contributed by atoms with E-state index in [1.54, 1.807) is 6.07 Å². The molecule has 0 aliphatic rings. The van der Waals surface area contributed by atoms with Crippen molar-refractivity contribution in [3.8, 4) is 5.75 Å². The van der Waals surface area contributed by atoms with Crippen LogP contribution in [0.2, 0.25) is 0 Å². The molecule has 0 bridgehead atoms. The summed E-state index contributed by atoms with van der Waals surface area (Å²) in [6, 6.07) is 5.49. The fourth-order valence-electron chi connectivity index (χ4n) is 1.84. The zero-order chi connectivity index (χ0) is 14.8. The minimum Gasteiger partial charge on any atom is -0.491 e. The van der Waals surface area contributed by atoms with Crippen LogP contribution in [0.1, 0.15) is 45.1 Å². The minimum absolute atomic E-state index is 0.237. The van der Waals surface area contributed by atoms with Crippen LogP contribution < -0.4 is 10.1 Å². The SMILES string of the molecule is CC(C)NCc1ccc(OCCCCCCO)c(F)c1. The van der Waals surface area contributed by atoms with Crippen LogP contribution in [0.5, 0.6) is 5.75 Å². The van der Waals surface area contributed by atoms with E-state index < -0.39 is 0 Å². The van der Waals surface area contributed by atoms with E-state index in [0.717, 1.165) is 31.2 Å². The molecule has 0 radical (unpaired) electrons. The molecule has 114 valence electrons. The second-order valence-corrected chi connectivity index (χ2v) is 5.29. The molecular formula is C16H26FNO2. The van der Waals surface area contributed by atoms with Gasteiger partial charge in [0.25, 0.3) is 0 Å². The van der Waals surface area contributed by atoms with E-state index >= 15 is 0 Å². The van der Waals surface area contributed by atoms with Gasteiger partial charge in [0.05, 0.1) is 6.61 Å². The van der Waals surface area contributed by atoms with Crippen molar-refractivity contribution in [1.29, 1.82) is 0 Å². The number of ether oxygens (including phenoxy) is 1. The summed E-state index contributed by atoms with van der Waals surface area (Å²) in [6.45, 7) is 5.54. The fraction of sp³-hybridized carbons (Fsp3) is 0.625. The highest BCUT2D eigenvalue weighted by atomic mass is 19.1. The molecule has 0 fully saturated rings. The highest BCUT2D eigenvalue weighted by Gasteiger charge is 2.05. The van der Waals surface area contributed by atoms with Crippen molar-refractivity contribution in [3.05, 3.63) is 29.6 Å². The second-order valence-electron chi connectivity index (χ2n) is 5.29. The zero-order valence-corrected chi connectivity index (χ0v) is 12.5. The van der Waals surface area contributed by atoms with Crippen molar-refractivity contribution in [2.45, 2.75) is 52.1 Å². The van der Waals surface area contributed by atoms with Crippen molar-refractivity contribution in [2.75, 3.05) is 13.2 Å². The molecule has 0 saturated carbocycles. The molecule has 0 heterocycles. The van der Waals surface area contributed by atoms with Gasteiger partial charge in [0.15, 0.2) is 11.6 Å². The molecule has 0 aliphatic heterocycles. The molecule has 3 nitrogen and oxygen atoms in total. The first-order valence-electron chi connectivity index (χ1n) is 7.39. The van der Waals surface area contributed by atoms with Crippen LogP contribution in [-0.2, 0) is 6.54 Å². The molecule has 1 aromatic rings. The maximum Gasteiger partial charge on any atom is 0.165 e. The zero-order valence-electron chi connectivity index (χ0n) is 12.5. The predicted octanol–water partition coefficient (Wildman–Crippen LogP) is 3.26. The number of aliphatic hydroxyl groups excluding tert-OH is 1. The van der Waals surface area contributed by atoms with Gasteiger partial charge in [-0.25, -0.2) is 4.39 Å². The minimum atomic E-state index is -0.302. The number of halogens is 1. The van der Waals surface area contributed by atoms with Crippen LogP contribution in [0.4, 0.5) is 4.39 Å². The van der Waals surface area contributed by atoms with Gasteiger partial charge in [0.1, 0.15) is 0 Å². The normalized spacial score (nSPS) is 11.1. The summed E-state index contributed by atoms with van der Waals surface area (Å²) in [5.41, 5.74) is 0.923. The summed E-state index contributed by atoms with van der Waals surface area (Å²) < 4.78 is 19.3. The Morgan fingerprint density at radius 3 is 2.60 bits per heavy atom. The molecule has 4 heteroatoms. The number of rotatable bonds is 10. The third-order valence-corrected chi connectivity index (χ3v) is 3.02. The maximum atomic E-state index is 13.8. The molecule has 1 rings (SSSR count). The number of nitrogens with one attached hydrogen (secondary N) is 1. The van der Waals surface area contributed by atoms with E-state index in [4.69, 9.17) is 9.84 Å². The lowest BCUT2D eigenvalue weighted by Crippen LogP contribution is -2.21. The Balaban J connectivity index is 2.32. The lowest BCUT2D eigenvalue weighted by Gasteiger charge is -2.11. The van der Waals surface area contributed by atoms with Crippen molar-refractivity contribution in [3.63, 3.8) is 0 Å². The number of aliphatic hydroxyl groups is 1. The summed E-state index contributed by atoms with van der Waals surface area (Å²) in [5.74, 6) is 0.0175. The summed E-state index contributed by atoms with van der Waals surface area (Å²) in [7, 11) is 0. The van der Waals surface area contributed by atoms with Crippen LogP contribution >= 0.6 is 0 Å². The lowest BCUT2D eigenvalue weighted by molar-refractivity contribution is 0.269. The van der Waals surface area contributed by atoms with Crippen LogP contribution in [0.25, 0.3) is 0 Å². The van der Waals surface area contributed by atoms with Gasteiger partial charge in [-0.05, 0) is 37.0 Å². The van der Waals surface area contributed by atoms with Gasteiger partial charge >= 0.3 is 0 Å². The molecule has 2 N–H and O–H groups in total. The van der Waals surface area contributed by atoms with Gasteiger partial charge in [-0.1, -0.05) is 26.3 Å². The topological polar surface area (TPSA) is 41.5 Å². The summed E-state index contributed by atoms with van der Waals surface area (Å²) in [6.07, 6.45) is 3.70. The van der Waals surface area contributed by atoms with Crippen molar-refractivity contribution < 1.29 is 14.2 Å². The van der Waals surface area contributed by atoms with Crippen LogP contribution in [0.15, 0.2) is 18.2 Å². The first kappa shape index (κ1) is 16.9. The molecule has 0 aliphatic carbocycles. The first-order chi connectivity index (χ1) is 9.63. The van der Waals surface area contributed by atoms with Gasteiger partial charge in [-0.2, -0.15) is 0 Å². The van der Waals surface area contributed by atoms with Crippen LogP contribution in [0, 0.1) is 5.82 Å². The van der Waals surface area contributed by atoms with E-state index in [1.807, 2.05) is 6.07 Å². The molecule has 1 aromatic carbocycles. The molecule has 0 atom stereocenters. The Morgan fingerprint density at radius 1 is 1.20 bits per heavy atom. The van der Waals surface area contributed by atoms with E-state index in [0.29, 0.717) is 24.9 Å². The predicted molar refractivity (Wildman–Crippen MR) is 79.4 cm³/mol. The maximum absolute atomic E-state index is 13.8. The van der Waals surface area contributed by atoms with E-state index in [-0.39, 0.29) is 12.4 Å². The van der Waals surface area contributed by atoms with Gasteiger partial charge in [0.2, 0.25) is 0 Å². The standard InChI is InChI=1S/C16H26FNO2/c1-13(2)18-12-14-7-8-16(15(17)11-14)20-10-6-4-3-5-9-19/h7-8,11,13,18-19H,3-6,9-10,12H2,1-2H3. The van der Waals surface area contributed by atoms with Crippen molar-refractivity contribution in [2.24, 2.45) is 0 Å². The second kappa shape index (κ2) is 9.72. The highest BCUT2D eigenvalue weighted by Crippen LogP contribution is 2.19. The Bertz CT molecular complexity index is 383. The first-order valence-corrected chi connectivity index (χ1v) is 7.39. The molecule has 0 aromatic heterocycles. The molecule has 0 saturated heterocycles. The monoisotopic (exact) mass is 283 g/mol. The van der Waals surface area contributed by atoms with Crippen molar-refractivity contribution >= 4 is 0 Å². The van der Waals surface area contributed by atoms with Crippen LogP contribution in [0.3, 0.4) is 0 Å². The number of hydrogen-bond acceptors (Lipinski definition) is 3. The summed E-state index contributed by atoms with van der Waals surface area (Å²) in [4.78, 5) is 0. The highest BCUT2D eigenvalue weighted by molar-refractivity contribution is 5.29. The molecule has 0 amide bonds. The molecule has 0 spiro atoms. The Kier molecular flexibility index (Phi) is 8.23. The van der Waals surface area contributed by atoms with Gasteiger partial charge in [-0.15, -0.1) is 0 Å². The largest absolute Gasteiger partial charge is 0.491 e. The quantitative estimate of drug-likeness (QED) is 0.648. The molecule has 0 unspecified atom stereocenters. The number of unbranched alkanes of at least 4 members (excludes halogenated alkanes) is 3. The fourth-order valence-corrected chi connectivity index (χ4v) is 1.84. The Labute approximate surface area is 121 Å². The smallest absolute Gasteiger partial charge is 0.165 e. The Morgan fingerprint density at radius 2 is 1.95 bits per heavy atom. The third-order valence-electron chi connectivity index (χ3n) is 3.02. The van der Waals surface area contributed by atoms with E-state index in [9.17, 15) is 4.39 Å². The third kappa shape index (κ3) is 6.87. The van der Waals surface area contributed by atoms with E-state index in [2.05, 4.69) is 19.2 Å². The number of benzene rings is 1. The van der Waals surface area contributed by atoms with Gasteiger partial charge < -0.3 is 15.2 Å². The number of hydrogen-bond donors (Lipinski definition) is 2. The average Bonchev–Trinajstić information content (AvgIpc) is 2.42. The van der Waals surface area contributed by atoms with Gasteiger partial charge in [0, 0.05) is 19.2 Å². The van der Waals surface area contributed by atoms with E-state index in [1.165, 1.54) is 6.07 Å². The van der Waals surface area contributed by atoms with Gasteiger partial charge in [-0.3, -0.25) is 0 Å². The molecule has 20 heavy (non-hydrogen) atoms. The molecular weight excluding hydrogens is 257 g/mol. The Hall–Kier alpha value is -1.13. The van der Waals surface area contributed by atoms with Crippen molar-refractivity contribution in [1.82, 2.24) is 5.32 Å². The lowest BCUT2D eigenvalue weighted by atomic mass is 10.2. The summed E-state index contributed by atoms with van der Waals surface area (Å²) in [5, 5.41) is 11.9. The summed E-state index contributed by atoms with van der Waals surface area (Å²) >= 11 is 0. The average molecular weight is 283 g/mol. The van der Waals surface area contributed by atoms with Crippen LogP contribution in [-0.4, -0.2) is 24.4 Å².